The molecule has 0 unspecified atom stereocenters. The van der Waals surface area contributed by atoms with Gasteiger partial charge in [0.05, 0.1) is 6.20 Å². The third-order valence-corrected chi connectivity index (χ3v) is 2.90. The van der Waals surface area contributed by atoms with Crippen LogP contribution in [0.2, 0.25) is 0 Å². The Labute approximate surface area is 111 Å². The Bertz CT molecular complexity index is 576. The van der Waals surface area contributed by atoms with E-state index < -0.39 is 0 Å². The van der Waals surface area contributed by atoms with Crippen LogP contribution in [0.4, 0.5) is 5.82 Å². The van der Waals surface area contributed by atoms with Gasteiger partial charge in [-0.2, -0.15) is 5.10 Å². The summed E-state index contributed by atoms with van der Waals surface area (Å²) in [6.45, 7) is 4.80. The number of amidine groups is 1. The van der Waals surface area contributed by atoms with Gasteiger partial charge < -0.3 is 15.8 Å². The van der Waals surface area contributed by atoms with Crippen molar-refractivity contribution in [3.05, 3.63) is 24.5 Å². The Hall–Kier alpha value is -2.31. The summed E-state index contributed by atoms with van der Waals surface area (Å²) in [5.41, 5.74) is 6.31. The van der Waals surface area contributed by atoms with Gasteiger partial charge in [0.1, 0.15) is 11.7 Å². The van der Waals surface area contributed by atoms with Crippen molar-refractivity contribution in [2.75, 3.05) is 11.4 Å². The molecule has 0 saturated heterocycles. The molecule has 0 bridgehead atoms. The second-order valence-corrected chi connectivity index (χ2v) is 4.55. The Morgan fingerprint density at radius 2 is 2.32 bits per heavy atom. The normalized spacial score (nSPS) is 12.3. The second kappa shape index (κ2) is 5.55. The number of hydrogen-bond acceptors (Lipinski definition) is 5. The van der Waals surface area contributed by atoms with E-state index in [-0.39, 0.29) is 11.9 Å². The fourth-order valence-corrected chi connectivity index (χ4v) is 1.88. The van der Waals surface area contributed by atoms with Crippen molar-refractivity contribution in [3.8, 4) is 0 Å². The number of aromatic nitrogens is 3. The highest BCUT2D eigenvalue weighted by molar-refractivity contribution is 5.80. The van der Waals surface area contributed by atoms with Crippen LogP contribution < -0.4 is 10.6 Å². The third kappa shape index (κ3) is 2.93. The first-order chi connectivity index (χ1) is 9.11. The molecule has 0 spiro atoms. The second-order valence-electron chi connectivity index (χ2n) is 4.55. The molecule has 2 aromatic heterocycles. The zero-order valence-corrected chi connectivity index (χ0v) is 11.1. The first kappa shape index (κ1) is 13.1. The van der Waals surface area contributed by atoms with E-state index in [0.717, 1.165) is 11.5 Å². The van der Waals surface area contributed by atoms with E-state index in [0.29, 0.717) is 13.0 Å². The molecule has 2 heterocycles. The van der Waals surface area contributed by atoms with E-state index in [1.54, 1.807) is 10.7 Å². The Balaban J connectivity index is 2.22. The summed E-state index contributed by atoms with van der Waals surface area (Å²) in [5, 5.41) is 15.7. The molecule has 0 amide bonds. The van der Waals surface area contributed by atoms with Crippen LogP contribution >= 0.6 is 0 Å². The van der Waals surface area contributed by atoms with Gasteiger partial charge in [0.2, 0.25) is 0 Å². The highest BCUT2D eigenvalue weighted by Crippen LogP contribution is 2.15. The molecule has 2 rings (SSSR count). The maximum Gasteiger partial charge on any atom is 0.157 e. The first-order valence-electron chi connectivity index (χ1n) is 6.15. The van der Waals surface area contributed by atoms with Gasteiger partial charge in [0.15, 0.2) is 5.65 Å². The zero-order chi connectivity index (χ0) is 13.8. The van der Waals surface area contributed by atoms with Crippen LogP contribution in [0.3, 0.4) is 0 Å². The van der Waals surface area contributed by atoms with E-state index in [2.05, 4.69) is 34.0 Å². The topological polar surface area (TPSA) is 92.0 Å². The van der Waals surface area contributed by atoms with Gasteiger partial charge in [0, 0.05) is 31.3 Å². The van der Waals surface area contributed by atoms with Crippen LogP contribution in [0.1, 0.15) is 20.3 Å². The molecule has 19 heavy (non-hydrogen) atoms. The Morgan fingerprint density at radius 3 is 3.00 bits per heavy atom. The monoisotopic (exact) mass is 262 g/mol. The van der Waals surface area contributed by atoms with Crippen molar-refractivity contribution in [1.29, 1.82) is 0 Å². The van der Waals surface area contributed by atoms with Gasteiger partial charge in [-0.25, -0.2) is 9.50 Å². The van der Waals surface area contributed by atoms with Crippen molar-refractivity contribution >= 4 is 17.3 Å². The molecule has 0 aromatic carbocycles. The summed E-state index contributed by atoms with van der Waals surface area (Å²) < 4.78 is 1.71. The standard InChI is InChI=1S/C12H18N6O/c1-9(2)17(7-4-10(13)16-19)11-5-8-18-12(15-11)3-6-14-18/h3,5-6,8-9,19H,4,7H2,1-2H3,(H2,13,16). The molecule has 0 aliphatic carbocycles. The van der Waals surface area contributed by atoms with Crippen molar-refractivity contribution in [1.82, 2.24) is 14.6 Å². The summed E-state index contributed by atoms with van der Waals surface area (Å²) in [6.07, 6.45) is 4.07. The maximum atomic E-state index is 8.59. The van der Waals surface area contributed by atoms with Crippen molar-refractivity contribution in [2.24, 2.45) is 10.9 Å². The Kier molecular flexibility index (Phi) is 3.84. The Morgan fingerprint density at radius 1 is 1.53 bits per heavy atom. The van der Waals surface area contributed by atoms with Crippen molar-refractivity contribution < 1.29 is 5.21 Å². The fraction of sp³-hybridized carbons (Fsp3) is 0.417. The largest absolute Gasteiger partial charge is 0.409 e. The van der Waals surface area contributed by atoms with Gasteiger partial charge in [0.25, 0.3) is 0 Å². The number of hydrogen-bond donors (Lipinski definition) is 2. The van der Waals surface area contributed by atoms with Crippen LogP contribution in [0.5, 0.6) is 0 Å². The van der Waals surface area contributed by atoms with E-state index in [9.17, 15) is 0 Å². The van der Waals surface area contributed by atoms with Gasteiger partial charge in [-0.3, -0.25) is 0 Å². The molecule has 2 aromatic rings. The van der Waals surface area contributed by atoms with Gasteiger partial charge >= 0.3 is 0 Å². The molecule has 3 N–H and O–H groups in total. The average Bonchev–Trinajstić information content (AvgIpc) is 2.85. The zero-order valence-electron chi connectivity index (χ0n) is 11.1. The lowest BCUT2D eigenvalue weighted by Gasteiger charge is -2.27. The number of anilines is 1. The van der Waals surface area contributed by atoms with Crippen molar-refractivity contribution in [2.45, 2.75) is 26.3 Å². The number of rotatable bonds is 5. The summed E-state index contributed by atoms with van der Waals surface area (Å²) >= 11 is 0. The summed E-state index contributed by atoms with van der Waals surface area (Å²) in [5.74, 6) is 1.07. The number of nitrogens with zero attached hydrogens (tertiary/aromatic N) is 5. The smallest absolute Gasteiger partial charge is 0.157 e. The minimum absolute atomic E-state index is 0.219. The lowest BCUT2D eigenvalue weighted by Crippen LogP contribution is -2.34. The van der Waals surface area contributed by atoms with Gasteiger partial charge in [-0.15, -0.1) is 0 Å². The van der Waals surface area contributed by atoms with Crippen LogP contribution in [-0.4, -0.2) is 38.2 Å². The predicted octanol–water partition coefficient (Wildman–Crippen LogP) is 1.08. The lowest BCUT2D eigenvalue weighted by atomic mass is 10.2. The molecule has 0 saturated carbocycles. The summed E-state index contributed by atoms with van der Waals surface area (Å²) in [7, 11) is 0. The molecule has 0 atom stereocenters. The third-order valence-electron chi connectivity index (χ3n) is 2.90. The van der Waals surface area contributed by atoms with Crippen LogP contribution in [-0.2, 0) is 0 Å². The van der Waals surface area contributed by atoms with Crippen LogP contribution in [0.15, 0.2) is 29.7 Å². The number of oxime groups is 1. The molecule has 0 aliphatic rings. The molecular weight excluding hydrogens is 244 g/mol. The molecule has 0 fully saturated rings. The molecule has 0 radical (unpaired) electrons. The molecule has 0 aliphatic heterocycles. The minimum Gasteiger partial charge on any atom is -0.409 e. The SMILES string of the molecule is CC(C)N(CC/C(N)=N/O)c1ccn2nccc2n1. The van der Waals surface area contributed by atoms with E-state index in [1.807, 2.05) is 18.3 Å². The van der Waals surface area contributed by atoms with E-state index >= 15 is 0 Å². The lowest BCUT2D eigenvalue weighted by molar-refractivity contribution is 0.317. The average molecular weight is 262 g/mol. The molecule has 7 heteroatoms. The maximum absolute atomic E-state index is 8.59. The number of nitrogens with two attached hydrogens (primary N) is 1. The summed E-state index contributed by atoms with van der Waals surface area (Å²) in [6, 6.07) is 4.03. The number of fused-ring (bicyclic) bond motifs is 1. The van der Waals surface area contributed by atoms with Crippen LogP contribution in [0, 0.1) is 0 Å². The van der Waals surface area contributed by atoms with Gasteiger partial charge in [-0.1, -0.05) is 5.16 Å². The highest BCUT2D eigenvalue weighted by Gasteiger charge is 2.13. The highest BCUT2D eigenvalue weighted by atomic mass is 16.4. The molecule has 102 valence electrons. The summed E-state index contributed by atoms with van der Waals surface area (Å²) in [4.78, 5) is 6.65. The predicted molar refractivity (Wildman–Crippen MR) is 73.5 cm³/mol. The molecular formula is C12H18N6O. The van der Waals surface area contributed by atoms with E-state index in [1.165, 1.54) is 0 Å². The molecule has 7 nitrogen and oxygen atoms in total. The van der Waals surface area contributed by atoms with Crippen molar-refractivity contribution in [3.63, 3.8) is 0 Å². The minimum atomic E-state index is 0.219. The first-order valence-corrected chi connectivity index (χ1v) is 6.15. The van der Waals surface area contributed by atoms with Gasteiger partial charge in [-0.05, 0) is 19.9 Å². The quantitative estimate of drug-likeness (QED) is 0.364. The van der Waals surface area contributed by atoms with E-state index in [4.69, 9.17) is 10.9 Å². The fourth-order valence-electron chi connectivity index (χ4n) is 1.88. The van der Waals surface area contributed by atoms with Crippen LogP contribution in [0.25, 0.3) is 5.65 Å².